The quantitative estimate of drug-likeness (QED) is 0.855. The van der Waals surface area contributed by atoms with Crippen LogP contribution in [0.5, 0.6) is 0 Å². The van der Waals surface area contributed by atoms with Crippen LogP contribution < -0.4 is 5.32 Å². The summed E-state index contributed by atoms with van der Waals surface area (Å²) in [7, 11) is 0. The maximum atomic E-state index is 6.11. The molecule has 0 bridgehead atoms. The molecule has 5 heteroatoms. The Morgan fingerprint density at radius 1 is 1.42 bits per heavy atom. The van der Waals surface area contributed by atoms with Crippen molar-refractivity contribution >= 4 is 23.1 Å². The molecule has 1 saturated heterocycles. The van der Waals surface area contributed by atoms with Crippen molar-refractivity contribution in [1.29, 1.82) is 0 Å². The number of hydrogen-bond acceptors (Lipinski definition) is 4. The van der Waals surface area contributed by atoms with E-state index in [4.69, 9.17) is 16.3 Å². The van der Waals surface area contributed by atoms with Crippen LogP contribution in [0.1, 0.15) is 12.0 Å². The van der Waals surface area contributed by atoms with Gasteiger partial charge in [0.15, 0.2) is 0 Å². The molecule has 1 N–H and O–H groups in total. The number of rotatable bonds is 1. The Balaban J connectivity index is 1.75. The van der Waals surface area contributed by atoms with Crippen LogP contribution in [-0.4, -0.2) is 43.2 Å². The number of benzene rings is 1. The number of ether oxygens (including phenoxy) is 1. The zero-order valence-corrected chi connectivity index (χ0v) is 11.4. The molecule has 100 valence electrons. The summed E-state index contributed by atoms with van der Waals surface area (Å²) >= 11 is 6.11. The Hall–Kier alpha value is -1.26. The average molecular weight is 278 g/mol. The van der Waals surface area contributed by atoms with Crippen molar-refractivity contribution in [2.75, 3.05) is 31.6 Å². The molecule has 3 aliphatic heterocycles. The number of halogens is 1. The molecule has 0 spiro atoms. The van der Waals surface area contributed by atoms with Crippen molar-refractivity contribution in [2.24, 2.45) is 10.9 Å². The molecular weight excluding hydrogens is 262 g/mol. The van der Waals surface area contributed by atoms with Crippen LogP contribution in [0, 0.1) is 5.92 Å². The van der Waals surface area contributed by atoms with E-state index in [1.807, 2.05) is 12.1 Å². The Labute approximate surface area is 117 Å². The highest BCUT2D eigenvalue weighted by molar-refractivity contribution is 6.31. The van der Waals surface area contributed by atoms with E-state index in [0.717, 1.165) is 54.8 Å². The molecule has 0 radical (unpaired) electrons. The van der Waals surface area contributed by atoms with Crippen molar-refractivity contribution in [2.45, 2.75) is 12.6 Å². The summed E-state index contributed by atoms with van der Waals surface area (Å²) in [6, 6.07) is 5.99. The molecule has 4 nitrogen and oxygen atoms in total. The van der Waals surface area contributed by atoms with Gasteiger partial charge in [0.05, 0.1) is 13.2 Å². The predicted octanol–water partition coefficient (Wildman–Crippen LogP) is 2.19. The highest BCUT2D eigenvalue weighted by Crippen LogP contribution is 2.34. The number of nitrogens with zero attached hydrogens (tertiary/aromatic N) is 2. The number of hydrogen-bond donors (Lipinski definition) is 1. The molecule has 1 aromatic carbocycles. The Kier molecular flexibility index (Phi) is 2.67. The third-order valence-corrected chi connectivity index (χ3v) is 4.38. The normalized spacial score (nSPS) is 28.7. The molecule has 0 aliphatic carbocycles. The van der Waals surface area contributed by atoms with Crippen LogP contribution in [-0.2, 0) is 4.74 Å². The van der Waals surface area contributed by atoms with Gasteiger partial charge in [-0.25, -0.2) is 0 Å². The number of nitrogens with one attached hydrogen (secondary N) is 1. The second kappa shape index (κ2) is 4.39. The van der Waals surface area contributed by atoms with Crippen molar-refractivity contribution < 1.29 is 4.74 Å². The van der Waals surface area contributed by atoms with Gasteiger partial charge < -0.3 is 15.0 Å². The minimum Gasteiger partial charge on any atom is -0.381 e. The van der Waals surface area contributed by atoms with E-state index in [9.17, 15) is 0 Å². The second-order valence-electron chi connectivity index (χ2n) is 5.30. The van der Waals surface area contributed by atoms with Crippen LogP contribution in [0.15, 0.2) is 23.2 Å². The van der Waals surface area contributed by atoms with Gasteiger partial charge in [-0.15, -0.1) is 0 Å². The van der Waals surface area contributed by atoms with Gasteiger partial charge in [0.1, 0.15) is 12.0 Å². The van der Waals surface area contributed by atoms with E-state index in [-0.39, 0.29) is 6.17 Å². The highest BCUT2D eigenvalue weighted by Gasteiger charge is 2.38. The van der Waals surface area contributed by atoms with Gasteiger partial charge in [-0.1, -0.05) is 11.6 Å². The highest BCUT2D eigenvalue weighted by atomic mass is 35.5. The zero-order valence-electron chi connectivity index (χ0n) is 10.6. The minimum atomic E-state index is 0.287. The van der Waals surface area contributed by atoms with Crippen molar-refractivity contribution in [1.82, 2.24) is 4.90 Å². The fourth-order valence-electron chi connectivity index (χ4n) is 3.21. The van der Waals surface area contributed by atoms with E-state index in [2.05, 4.69) is 21.3 Å². The monoisotopic (exact) mass is 277 g/mol. The molecule has 2 atom stereocenters. The lowest BCUT2D eigenvalue weighted by molar-refractivity contribution is 0.166. The molecule has 2 unspecified atom stereocenters. The summed E-state index contributed by atoms with van der Waals surface area (Å²) in [5.74, 6) is 1.64. The van der Waals surface area contributed by atoms with Gasteiger partial charge in [-0.3, -0.25) is 4.99 Å². The fourth-order valence-corrected chi connectivity index (χ4v) is 3.39. The molecule has 0 saturated carbocycles. The van der Waals surface area contributed by atoms with Gasteiger partial charge >= 0.3 is 0 Å². The van der Waals surface area contributed by atoms with Crippen molar-refractivity contribution in [3.8, 4) is 0 Å². The third kappa shape index (κ3) is 1.82. The second-order valence-corrected chi connectivity index (χ2v) is 5.74. The average Bonchev–Trinajstić information content (AvgIpc) is 3.08. The SMILES string of the molecule is Clc1ccc2c(c1)NC(C1CCOC1)N1CCN=C21. The molecular formula is C14H16ClN3O. The number of amidine groups is 1. The van der Waals surface area contributed by atoms with Gasteiger partial charge in [0.2, 0.25) is 0 Å². The maximum Gasteiger partial charge on any atom is 0.134 e. The lowest BCUT2D eigenvalue weighted by atomic mass is 9.99. The number of anilines is 1. The first-order valence-electron chi connectivity index (χ1n) is 6.78. The van der Waals surface area contributed by atoms with Crippen LogP contribution in [0.4, 0.5) is 5.69 Å². The Bertz CT molecular complexity index is 539. The molecule has 19 heavy (non-hydrogen) atoms. The minimum absolute atomic E-state index is 0.287. The molecule has 0 amide bonds. The summed E-state index contributed by atoms with van der Waals surface area (Å²) in [6.07, 6.45) is 1.40. The Morgan fingerprint density at radius 2 is 2.37 bits per heavy atom. The van der Waals surface area contributed by atoms with Gasteiger partial charge in [0, 0.05) is 35.3 Å². The predicted molar refractivity (Wildman–Crippen MR) is 75.9 cm³/mol. The first kappa shape index (κ1) is 11.6. The van der Waals surface area contributed by atoms with Gasteiger partial charge in [0.25, 0.3) is 0 Å². The maximum absolute atomic E-state index is 6.11. The molecule has 0 aromatic heterocycles. The van der Waals surface area contributed by atoms with E-state index in [0.29, 0.717) is 5.92 Å². The lowest BCUT2D eigenvalue weighted by Gasteiger charge is -2.40. The zero-order chi connectivity index (χ0) is 12.8. The first-order valence-corrected chi connectivity index (χ1v) is 7.16. The van der Waals surface area contributed by atoms with Crippen LogP contribution in [0.3, 0.4) is 0 Å². The van der Waals surface area contributed by atoms with Crippen LogP contribution in [0.2, 0.25) is 5.02 Å². The van der Waals surface area contributed by atoms with E-state index >= 15 is 0 Å². The standard InChI is InChI=1S/C14H16ClN3O/c15-10-1-2-11-12(7-10)17-13(9-3-6-19-8-9)18-5-4-16-14(11)18/h1-2,7,9,13,17H,3-6,8H2. The molecule has 4 rings (SSSR count). The first-order chi connectivity index (χ1) is 9.33. The smallest absolute Gasteiger partial charge is 0.134 e. The van der Waals surface area contributed by atoms with E-state index < -0.39 is 0 Å². The molecule has 1 fully saturated rings. The summed E-state index contributed by atoms with van der Waals surface area (Å²) in [4.78, 5) is 7.05. The summed E-state index contributed by atoms with van der Waals surface area (Å²) in [6.45, 7) is 3.57. The third-order valence-electron chi connectivity index (χ3n) is 4.15. The Morgan fingerprint density at radius 3 is 3.21 bits per heavy atom. The summed E-state index contributed by atoms with van der Waals surface area (Å²) in [5.41, 5.74) is 2.26. The lowest BCUT2D eigenvalue weighted by Crippen LogP contribution is -2.51. The van der Waals surface area contributed by atoms with E-state index in [1.54, 1.807) is 0 Å². The molecule has 3 heterocycles. The van der Waals surface area contributed by atoms with Crippen LogP contribution >= 0.6 is 11.6 Å². The molecule has 3 aliphatic rings. The van der Waals surface area contributed by atoms with Gasteiger partial charge in [-0.05, 0) is 24.6 Å². The number of aliphatic imine (C=N–C) groups is 1. The van der Waals surface area contributed by atoms with Crippen molar-refractivity contribution in [3.63, 3.8) is 0 Å². The summed E-state index contributed by atoms with van der Waals surface area (Å²) in [5, 5.41) is 4.40. The largest absolute Gasteiger partial charge is 0.381 e. The molecule has 1 aromatic rings. The van der Waals surface area contributed by atoms with Gasteiger partial charge in [-0.2, -0.15) is 0 Å². The van der Waals surface area contributed by atoms with Crippen molar-refractivity contribution in [3.05, 3.63) is 28.8 Å². The summed E-state index contributed by atoms with van der Waals surface area (Å²) < 4.78 is 5.54. The van der Waals surface area contributed by atoms with E-state index in [1.165, 1.54) is 0 Å². The topological polar surface area (TPSA) is 36.9 Å². The number of fused-ring (bicyclic) bond motifs is 3. The van der Waals surface area contributed by atoms with Crippen LogP contribution in [0.25, 0.3) is 0 Å². The fraction of sp³-hybridized carbons (Fsp3) is 0.500.